The van der Waals surface area contributed by atoms with E-state index in [1.54, 1.807) is 7.11 Å². The zero-order valence-electron chi connectivity index (χ0n) is 15.8. The van der Waals surface area contributed by atoms with Crippen LogP contribution in [0.3, 0.4) is 0 Å². The van der Waals surface area contributed by atoms with Gasteiger partial charge in [0.1, 0.15) is 12.7 Å². The first-order valence-corrected chi connectivity index (χ1v) is 9.74. The van der Waals surface area contributed by atoms with Crippen LogP contribution in [0.15, 0.2) is 18.2 Å². The Balaban J connectivity index is 1.48. The monoisotopic (exact) mass is 364 g/mol. The molecule has 2 fully saturated rings. The van der Waals surface area contributed by atoms with E-state index in [2.05, 4.69) is 15.9 Å². The minimum Gasteiger partial charge on any atom is -0.493 e. The molecule has 6 heteroatoms. The molecule has 2 N–H and O–H groups in total. The molecule has 0 aliphatic carbocycles. The lowest BCUT2D eigenvalue weighted by molar-refractivity contribution is 0.0333. The van der Waals surface area contributed by atoms with Crippen LogP contribution in [0, 0.1) is 0 Å². The third kappa shape index (κ3) is 5.58. The Morgan fingerprint density at radius 1 is 1.08 bits per heavy atom. The summed E-state index contributed by atoms with van der Waals surface area (Å²) < 4.78 is 11.3. The molecule has 146 valence electrons. The molecule has 0 saturated carbocycles. The Kier molecular flexibility index (Phi) is 7.14. The first-order valence-electron chi connectivity index (χ1n) is 9.74. The smallest absolute Gasteiger partial charge is 0.161 e. The standard InChI is InChI=1S/C20H32N2O4/c1-25-20-12-16(13-21-8-2-3-9-21)4-5-19(20)26-15-18(24)14-22-10-6-17(23)7-11-22/h4-5,12,17-18,23-24H,2-3,6-11,13-15H2,1H3/t18-/m0/s1. The van der Waals surface area contributed by atoms with Gasteiger partial charge in [-0.05, 0) is 56.5 Å². The molecule has 2 saturated heterocycles. The van der Waals surface area contributed by atoms with Crippen molar-refractivity contribution in [2.45, 2.75) is 44.4 Å². The second-order valence-electron chi connectivity index (χ2n) is 7.47. The van der Waals surface area contributed by atoms with Crippen LogP contribution in [-0.2, 0) is 6.54 Å². The van der Waals surface area contributed by atoms with E-state index >= 15 is 0 Å². The Bertz CT molecular complexity index is 555. The normalized spacial score (nSPS) is 21.0. The maximum atomic E-state index is 10.3. The summed E-state index contributed by atoms with van der Waals surface area (Å²) in [4.78, 5) is 4.63. The van der Waals surface area contributed by atoms with Gasteiger partial charge in [0.25, 0.3) is 0 Å². The van der Waals surface area contributed by atoms with Crippen LogP contribution >= 0.6 is 0 Å². The fraction of sp³-hybridized carbons (Fsp3) is 0.700. The molecule has 2 heterocycles. The summed E-state index contributed by atoms with van der Waals surface area (Å²) in [5.41, 5.74) is 1.23. The summed E-state index contributed by atoms with van der Waals surface area (Å²) >= 11 is 0. The average Bonchev–Trinajstić information content (AvgIpc) is 3.15. The molecule has 3 rings (SSSR count). The van der Waals surface area contributed by atoms with Gasteiger partial charge in [-0.1, -0.05) is 6.07 Å². The minimum absolute atomic E-state index is 0.192. The van der Waals surface area contributed by atoms with Crippen LogP contribution in [0.2, 0.25) is 0 Å². The van der Waals surface area contributed by atoms with Crippen molar-refractivity contribution in [1.29, 1.82) is 0 Å². The number of ether oxygens (including phenoxy) is 2. The molecule has 1 aromatic rings. The predicted molar refractivity (Wildman–Crippen MR) is 101 cm³/mol. The maximum Gasteiger partial charge on any atom is 0.161 e. The first kappa shape index (κ1) is 19.4. The van der Waals surface area contributed by atoms with E-state index in [0.717, 1.165) is 38.2 Å². The maximum absolute atomic E-state index is 10.3. The van der Waals surface area contributed by atoms with Gasteiger partial charge >= 0.3 is 0 Å². The highest BCUT2D eigenvalue weighted by Gasteiger charge is 2.20. The quantitative estimate of drug-likeness (QED) is 0.729. The number of methoxy groups -OCH3 is 1. The SMILES string of the molecule is COc1cc(CN2CCCC2)ccc1OC[C@@H](O)CN1CCC(O)CC1. The molecule has 2 aliphatic rings. The van der Waals surface area contributed by atoms with Crippen molar-refractivity contribution in [2.24, 2.45) is 0 Å². The summed E-state index contributed by atoms with van der Waals surface area (Å²) in [7, 11) is 1.65. The van der Waals surface area contributed by atoms with E-state index in [4.69, 9.17) is 9.47 Å². The number of nitrogens with zero attached hydrogens (tertiary/aromatic N) is 2. The highest BCUT2D eigenvalue weighted by molar-refractivity contribution is 5.43. The van der Waals surface area contributed by atoms with Crippen molar-refractivity contribution >= 4 is 0 Å². The summed E-state index contributed by atoms with van der Waals surface area (Å²) in [5.74, 6) is 1.39. The molecule has 2 aliphatic heterocycles. The van der Waals surface area contributed by atoms with Crippen molar-refractivity contribution in [3.8, 4) is 11.5 Å². The van der Waals surface area contributed by atoms with E-state index in [0.29, 0.717) is 12.3 Å². The molecule has 0 bridgehead atoms. The van der Waals surface area contributed by atoms with Gasteiger partial charge in [-0.15, -0.1) is 0 Å². The minimum atomic E-state index is -0.556. The highest BCUT2D eigenvalue weighted by Crippen LogP contribution is 2.29. The van der Waals surface area contributed by atoms with Gasteiger partial charge in [0.2, 0.25) is 0 Å². The third-order valence-corrected chi connectivity index (χ3v) is 5.29. The van der Waals surface area contributed by atoms with Crippen LogP contribution in [0.25, 0.3) is 0 Å². The van der Waals surface area contributed by atoms with Crippen molar-refractivity contribution in [2.75, 3.05) is 46.4 Å². The molecule has 0 amide bonds. The Morgan fingerprint density at radius 3 is 2.50 bits per heavy atom. The van der Waals surface area contributed by atoms with Crippen molar-refractivity contribution < 1.29 is 19.7 Å². The van der Waals surface area contributed by atoms with E-state index in [1.165, 1.54) is 31.5 Å². The fourth-order valence-corrected chi connectivity index (χ4v) is 3.77. The Labute approximate surface area is 156 Å². The molecule has 0 unspecified atom stereocenters. The van der Waals surface area contributed by atoms with Gasteiger partial charge in [-0.3, -0.25) is 4.90 Å². The molecule has 6 nitrogen and oxygen atoms in total. The molecule has 1 atom stereocenters. The third-order valence-electron chi connectivity index (χ3n) is 5.29. The van der Waals surface area contributed by atoms with Crippen LogP contribution in [-0.4, -0.2) is 78.7 Å². The topological polar surface area (TPSA) is 65.4 Å². The lowest BCUT2D eigenvalue weighted by Crippen LogP contribution is -2.41. The number of hydrogen-bond donors (Lipinski definition) is 2. The summed E-state index contributed by atoms with van der Waals surface area (Å²) in [6.45, 7) is 5.74. The molecule has 0 spiro atoms. The van der Waals surface area contributed by atoms with Crippen LogP contribution in [0.5, 0.6) is 11.5 Å². The summed E-state index contributed by atoms with van der Waals surface area (Å²) in [5, 5.41) is 19.8. The van der Waals surface area contributed by atoms with E-state index in [1.807, 2.05) is 12.1 Å². The zero-order chi connectivity index (χ0) is 18.4. The largest absolute Gasteiger partial charge is 0.493 e. The fourth-order valence-electron chi connectivity index (χ4n) is 3.77. The number of benzene rings is 1. The van der Waals surface area contributed by atoms with E-state index in [-0.39, 0.29) is 12.7 Å². The molecular weight excluding hydrogens is 332 g/mol. The number of hydrogen-bond acceptors (Lipinski definition) is 6. The van der Waals surface area contributed by atoms with Gasteiger partial charge in [0.05, 0.1) is 13.2 Å². The van der Waals surface area contributed by atoms with Gasteiger partial charge in [0.15, 0.2) is 11.5 Å². The van der Waals surface area contributed by atoms with Gasteiger partial charge in [-0.2, -0.15) is 0 Å². The summed E-state index contributed by atoms with van der Waals surface area (Å²) in [6.07, 6.45) is 3.38. The highest BCUT2D eigenvalue weighted by atomic mass is 16.5. The summed E-state index contributed by atoms with van der Waals surface area (Å²) in [6, 6.07) is 6.05. The predicted octanol–water partition coefficient (Wildman–Crippen LogP) is 1.49. The first-order chi connectivity index (χ1) is 12.6. The van der Waals surface area contributed by atoms with Gasteiger partial charge < -0.3 is 24.6 Å². The number of likely N-dealkylation sites (tertiary alicyclic amines) is 2. The second-order valence-corrected chi connectivity index (χ2v) is 7.47. The van der Waals surface area contributed by atoms with Crippen LogP contribution in [0.1, 0.15) is 31.2 Å². The zero-order valence-corrected chi connectivity index (χ0v) is 15.8. The second kappa shape index (κ2) is 9.55. The number of aliphatic hydroxyl groups excluding tert-OH is 2. The lowest BCUT2D eigenvalue weighted by Gasteiger charge is -2.30. The number of rotatable bonds is 8. The van der Waals surface area contributed by atoms with E-state index < -0.39 is 6.10 Å². The molecular formula is C20H32N2O4. The van der Waals surface area contributed by atoms with Crippen LogP contribution < -0.4 is 9.47 Å². The molecule has 0 radical (unpaired) electrons. The Morgan fingerprint density at radius 2 is 1.81 bits per heavy atom. The van der Waals surface area contributed by atoms with Crippen molar-refractivity contribution in [3.05, 3.63) is 23.8 Å². The van der Waals surface area contributed by atoms with E-state index in [9.17, 15) is 10.2 Å². The number of β-amino-alcohol motifs (C(OH)–C–C–N with tert-alkyl or cyclic N) is 1. The number of aliphatic hydroxyl groups is 2. The van der Waals surface area contributed by atoms with Crippen molar-refractivity contribution in [1.82, 2.24) is 9.80 Å². The molecule has 0 aromatic heterocycles. The molecule has 26 heavy (non-hydrogen) atoms. The van der Waals surface area contributed by atoms with Crippen molar-refractivity contribution in [3.63, 3.8) is 0 Å². The molecule has 1 aromatic carbocycles. The van der Waals surface area contributed by atoms with Gasteiger partial charge in [0, 0.05) is 26.2 Å². The van der Waals surface area contributed by atoms with Crippen LogP contribution in [0.4, 0.5) is 0 Å². The average molecular weight is 364 g/mol. The number of piperidine rings is 1. The lowest BCUT2D eigenvalue weighted by atomic mass is 10.1. The van der Waals surface area contributed by atoms with Gasteiger partial charge in [-0.25, -0.2) is 0 Å². The Hall–Kier alpha value is -1.34.